The molecule has 0 aliphatic carbocycles. The first-order valence-corrected chi connectivity index (χ1v) is 9.20. The molecule has 0 aliphatic heterocycles. The van der Waals surface area contributed by atoms with E-state index in [2.05, 4.69) is 20.4 Å². The number of hydrogen-bond donors (Lipinski definition) is 1. The Bertz CT molecular complexity index is 1240. The van der Waals surface area contributed by atoms with E-state index in [1.165, 1.54) is 0 Å². The minimum Gasteiger partial charge on any atom is -0.457 e. The van der Waals surface area contributed by atoms with Gasteiger partial charge in [-0.1, -0.05) is 18.2 Å². The topological polar surface area (TPSA) is 64.3 Å². The molecule has 1 N–H and O–H groups in total. The van der Waals surface area contributed by atoms with Gasteiger partial charge in [0.1, 0.15) is 11.5 Å². The van der Waals surface area contributed by atoms with Crippen molar-refractivity contribution in [1.29, 1.82) is 0 Å². The van der Waals surface area contributed by atoms with E-state index in [0.717, 1.165) is 39.9 Å². The summed E-state index contributed by atoms with van der Waals surface area (Å²) < 4.78 is 7.66. The van der Waals surface area contributed by atoms with Crippen molar-refractivity contribution in [3.8, 4) is 22.8 Å². The molecular weight excluding hydrogens is 362 g/mol. The molecule has 6 heteroatoms. The molecule has 5 rings (SSSR count). The zero-order chi connectivity index (χ0) is 19.5. The lowest BCUT2D eigenvalue weighted by Crippen LogP contribution is -2.00. The molecule has 0 amide bonds. The standard InChI is InChI=1S/C23H17N5O/c1-2-4-19(5-3-1)29-20-8-6-18(7-9-20)26-22-10-11-23-25-16-21(28(23)27-22)17-12-14-24-15-13-17/h1-16H,(H,26,27). The van der Waals surface area contributed by atoms with Crippen LogP contribution in [0.2, 0.25) is 0 Å². The molecule has 0 spiro atoms. The Morgan fingerprint density at radius 2 is 1.52 bits per heavy atom. The summed E-state index contributed by atoms with van der Waals surface area (Å²) in [4.78, 5) is 8.50. The molecule has 29 heavy (non-hydrogen) atoms. The van der Waals surface area contributed by atoms with Crippen molar-refractivity contribution in [3.63, 3.8) is 0 Å². The number of nitrogens with zero attached hydrogens (tertiary/aromatic N) is 4. The third kappa shape index (κ3) is 3.64. The van der Waals surface area contributed by atoms with Crippen molar-refractivity contribution in [2.45, 2.75) is 0 Å². The van der Waals surface area contributed by atoms with Crippen molar-refractivity contribution < 1.29 is 4.74 Å². The molecule has 5 aromatic rings. The van der Waals surface area contributed by atoms with Gasteiger partial charge >= 0.3 is 0 Å². The van der Waals surface area contributed by atoms with Crippen molar-refractivity contribution >= 4 is 17.2 Å². The van der Waals surface area contributed by atoms with Gasteiger partial charge in [-0.05, 0) is 60.7 Å². The normalized spacial score (nSPS) is 10.8. The summed E-state index contributed by atoms with van der Waals surface area (Å²) in [6.45, 7) is 0. The van der Waals surface area contributed by atoms with Gasteiger partial charge in [0.2, 0.25) is 0 Å². The summed E-state index contributed by atoms with van der Waals surface area (Å²) >= 11 is 0. The molecule has 0 fully saturated rings. The number of hydrogen-bond acceptors (Lipinski definition) is 5. The number of imidazole rings is 1. The van der Waals surface area contributed by atoms with Crippen LogP contribution in [0.4, 0.5) is 11.5 Å². The number of benzene rings is 2. The van der Waals surface area contributed by atoms with Gasteiger partial charge in [-0.2, -0.15) is 0 Å². The van der Waals surface area contributed by atoms with Crippen LogP contribution in [0.1, 0.15) is 0 Å². The third-order valence-corrected chi connectivity index (χ3v) is 4.44. The average molecular weight is 379 g/mol. The molecule has 0 saturated carbocycles. The molecule has 3 heterocycles. The first-order valence-electron chi connectivity index (χ1n) is 9.20. The Labute approximate surface area is 167 Å². The van der Waals surface area contributed by atoms with Gasteiger partial charge in [-0.15, -0.1) is 5.10 Å². The van der Waals surface area contributed by atoms with E-state index in [0.29, 0.717) is 0 Å². The average Bonchev–Trinajstić information content (AvgIpc) is 3.20. The Kier molecular flexibility index (Phi) is 4.35. The fraction of sp³-hybridized carbons (Fsp3) is 0. The van der Waals surface area contributed by atoms with Crippen LogP contribution in [0, 0.1) is 0 Å². The molecule has 3 aromatic heterocycles. The Morgan fingerprint density at radius 1 is 0.759 bits per heavy atom. The van der Waals surface area contributed by atoms with E-state index in [-0.39, 0.29) is 0 Å². The molecule has 0 aliphatic rings. The molecule has 0 unspecified atom stereocenters. The molecule has 0 radical (unpaired) electrons. The summed E-state index contributed by atoms with van der Waals surface area (Å²) in [6, 6.07) is 25.2. The molecule has 2 aromatic carbocycles. The SMILES string of the molecule is c1ccc(Oc2ccc(Nc3ccc4ncc(-c5ccncc5)n4n3)cc2)cc1. The number of nitrogens with one attached hydrogen (secondary N) is 1. The second-order valence-corrected chi connectivity index (χ2v) is 6.43. The van der Waals surface area contributed by atoms with E-state index in [9.17, 15) is 0 Å². The highest BCUT2D eigenvalue weighted by Crippen LogP contribution is 2.25. The van der Waals surface area contributed by atoms with Crippen LogP contribution < -0.4 is 10.1 Å². The van der Waals surface area contributed by atoms with Crippen LogP contribution in [0.25, 0.3) is 16.9 Å². The molecule has 0 saturated heterocycles. The Morgan fingerprint density at radius 3 is 2.31 bits per heavy atom. The zero-order valence-corrected chi connectivity index (χ0v) is 15.4. The predicted octanol–water partition coefficient (Wildman–Crippen LogP) is 5.33. The maximum absolute atomic E-state index is 5.83. The number of ether oxygens (including phenoxy) is 1. The highest BCUT2D eigenvalue weighted by atomic mass is 16.5. The van der Waals surface area contributed by atoms with E-state index >= 15 is 0 Å². The Balaban J connectivity index is 1.37. The van der Waals surface area contributed by atoms with Crippen LogP contribution in [-0.2, 0) is 0 Å². The minimum absolute atomic E-state index is 0.725. The highest BCUT2D eigenvalue weighted by Gasteiger charge is 2.08. The fourth-order valence-electron chi connectivity index (χ4n) is 3.04. The van der Waals surface area contributed by atoms with Gasteiger partial charge in [0.05, 0.1) is 11.9 Å². The molecule has 6 nitrogen and oxygen atoms in total. The molecule has 0 bridgehead atoms. The number of rotatable bonds is 5. The highest BCUT2D eigenvalue weighted by molar-refractivity contribution is 5.64. The van der Waals surface area contributed by atoms with E-state index in [1.54, 1.807) is 12.4 Å². The zero-order valence-electron chi connectivity index (χ0n) is 15.4. The van der Waals surface area contributed by atoms with Gasteiger partial charge in [-0.25, -0.2) is 9.50 Å². The van der Waals surface area contributed by atoms with Crippen molar-refractivity contribution in [2.24, 2.45) is 0 Å². The lowest BCUT2D eigenvalue weighted by atomic mass is 10.2. The number of para-hydroxylation sites is 1. The van der Waals surface area contributed by atoms with Crippen molar-refractivity contribution in [3.05, 3.63) is 97.5 Å². The van der Waals surface area contributed by atoms with Gasteiger partial charge in [-0.3, -0.25) is 4.98 Å². The molecule has 0 atom stereocenters. The van der Waals surface area contributed by atoms with E-state index in [1.807, 2.05) is 89.6 Å². The summed E-state index contributed by atoms with van der Waals surface area (Å²) in [5.74, 6) is 2.31. The van der Waals surface area contributed by atoms with Crippen molar-refractivity contribution in [1.82, 2.24) is 19.6 Å². The van der Waals surface area contributed by atoms with Gasteiger partial charge in [0.15, 0.2) is 11.5 Å². The van der Waals surface area contributed by atoms with Crippen LogP contribution in [-0.4, -0.2) is 19.6 Å². The second-order valence-electron chi connectivity index (χ2n) is 6.43. The van der Waals surface area contributed by atoms with Crippen LogP contribution in [0.5, 0.6) is 11.5 Å². The van der Waals surface area contributed by atoms with Crippen LogP contribution in [0.3, 0.4) is 0 Å². The third-order valence-electron chi connectivity index (χ3n) is 4.44. The first-order chi connectivity index (χ1) is 14.3. The maximum Gasteiger partial charge on any atom is 0.154 e. The van der Waals surface area contributed by atoms with E-state index < -0.39 is 0 Å². The summed E-state index contributed by atoms with van der Waals surface area (Å²) in [5, 5.41) is 8.02. The van der Waals surface area contributed by atoms with Crippen LogP contribution >= 0.6 is 0 Å². The summed E-state index contributed by atoms with van der Waals surface area (Å²) in [7, 11) is 0. The summed E-state index contributed by atoms with van der Waals surface area (Å²) in [5.41, 5.74) is 3.63. The van der Waals surface area contributed by atoms with Crippen LogP contribution in [0.15, 0.2) is 97.5 Å². The van der Waals surface area contributed by atoms with Gasteiger partial charge in [0, 0.05) is 23.6 Å². The second kappa shape index (κ2) is 7.44. The predicted molar refractivity (Wildman–Crippen MR) is 112 cm³/mol. The quantitative estimate of drug-likeness (QED) is 0.447. The minimum atomic E-state index is 0.725. The van der Waals surface area contributed by atoms with Gasteiger partial charge in [0.25, 0.3) is 0 Å². The fourth-order valence-corrected chi connectivity index (χ4v) is 3.04. The monoisotopic (exact) mass is 379 g/mol. The Hall–Kier alpha value is -4.19. The largest absolute Gasteiger partial charge is 0.457 e. The van der Waals surface area contributed by atoms with Crippen molar-refractivity contribution in [2.75, 3.05) is 5.32 Å². The number of pyridine rings is 1. The maximum atomic E-state index is 5.83. The number of aromatic nitrogens is 4. The first kappa shape index (κ1) is 16.9. The summed E-state index contributed by atoms with van der Waals surface area (Å²) in [6.07, 6.45) is 5.34. The lowest BCUT2D eigenvalue weighted by molar-refractivity contribution is 0.483. The van der Waals surface area contributed by atoms with E-state index in [4.69, 9.17) is 4.74 Å². The molecule has 140 valence electrons. The smallest absolute Gasteiger partial charge is 0.154 e. The lowest BCUT2D eigenvalue weighted by Gasteiger charge is -2.09. The number of anilines is 2. The number of fused-ring (bicyclic) bond motifs is 1. The molecular formula is C23H17N5O. The van der Waals surface area contributed by atoms with Gasteiger partial charge < -0.3 is 10.1 Å².